The second kappa shape index (κ2) is 6.19. The van der Waals surface area contributed by atoms with Crippen LogP contribution in [-0.2, 0) is 15.0 Å². The molecule has 1 heterocycles. The Labute approximate surface area is 115 Å². The van der Waals surface area contributed by atoms with Gasteiger partial charge >= 0.3 is 5.97 Å². The number of aliphatic carboxylic acids is 1. The average molecular weight is 292 g/mol. The first-order chi connectivity index (χ1) is 8.71. The zero-order chi connectivity index (χ0) is 14.7. The largest absolute Gasteiger partial charge is 0.480 e. The Bertz CT molecular complexity index is 415. The molecule has 2 N–H and O–H groups in total. The van der Waals surface area contributed by atoms with Gasteiger partial charge < -0.3 is 5.11 Å². The van der Waals surface area contributed by atoms with Gasteiger partial charge in [-0.25, -0.2) is 0 Å². The summed E-state index contributed by atoms with van der Waals surface area (Å²) < 4.78 is 28.2. The number of carboxylic acids is 1. The maximum absolute atomic E-state index is 12.2. The summed E-state index contributed by atoms with van der Waals surface area (Å²) in [5.74, 6) is -0.615. The van der Waals surface area contributed by atoms with Crippen LogP contribution in [0.25, 0.3) is 0 Å². The highest BCUT2D eigenvalue weighted by atomic mass is 32.2. The third kappa shape index (κ3) is 4.15. The summed E-state index contributed by atoms with van der Waals surface area (Å²) in [4.78, 5) is 11.3. The van der Waals surface area contributed by atoms with E-state index in [1.807, 2.05) is 6.92 Å². The molecule has 0 spiro atoms. The lowest BCUT2D eigenvalue weighted by Gasteiger charge is -2.33. The number of carbonyl (C=O) groups is 1. The van der Waals surface area contributed by atoms with Crippen LogP contribution in [0.5, 0.6) is 0 Å². The molecule has 0 saturated carbocycles. The fraction of sp³-hybridized carbons (Fsp3) is 0.917. The van der Waals surface area contributed by atoms with E-state index in [0.717, 1.165) is 12.8 Å². The fourth-order valence-electron chi connectivity index (χ4n) is 2.28. The molecule has 0 bridgehead atoms. The van der Waals surface area contributed by atoms with Crippen molar-refractivity contribution in [2.45, 2.75) is 52.0 Å². The molecule has 0 aromatic carbocycles. The number of piperidine rings is 1. The number of hydrogen-bond acceptors (Lipinski definition) is 3. The van der Waals surface area contributed by atoms with Gasteiger partial charge in [0.25, 0.3) is 10.2 Å². The zero-order valence-electron chi connectivity index (χ0n) is 11.8. The Hall–Kier alpha value is -0.660. The van der Waals surface area contributed by atoms with Gasteiger partial charge in [0.1, 0.15) is 5.54 Å². The van der Waals surface area contributed by atoms with E-state index in [1.54, 1.807) is 0 Å². The first-order valence-electron chi connectivity index (χ1n) is 6.73. The van der Waals surface area contributed by atoms with Gasteiger partial charge in [0.05, 0.1) is 0 Å². The minimum Gasteiger partial charge on any atom is -0.480 e. The molecular formula is C12H24N2O4S. The highest BCUT2D eigenvalue weighted by Crippen LogP contribution is 2.21. The standard InChI is InChI=1S/C12H24N2O4S/c1-4-7-12(3,11(15)16)13-19(17,18)14-8-5-10(2)6-9-14/h10,13H,4-9H2,1-3H3,(H,15,16). The summed E-state index contributed by atoms with van der Waals surface area (Å²) in [5, 5.41) is 9.22. The van der Waals surface area contributed by atoms with Crippen LogP contribution in [0.2, 0.25) is 0 Å². The number of nitrogens with zero attached hydrogens (tertiary/aromatic N) is 1. The first-order valence-corrected chi connectivity index (χ1v) is 8.17. The first kappa shape index (κ1) is 16.4. The van der Waals surface area contributed by atoms with E-state index < -0.39 is 21.7 Å². The molecule has 19 heavy (non-hydrogen) atoms. The molecule has 1 aliphatic rings. The summed E-state index contributed by atoms with van der Waals surface area (Å²) in [6, 6.07) is 0. The SMILES string of the molecule is CCCC(C)(NS(=O)(=O)N1CCC(C)CC1)C(=O)O. The van der Waals surface area contributed by atoms with Crippen molar-refractivity contribution in [3.8, 4) is 0 Å². The van der Waals surface area contributed by atoms with Crippen LogP contribution in [0.1, 0.15) is 46.5 Å². The fourth-order valence-corrected chi connectivity index (χ4v) is 3.86. The summed E-state index contributed by atoms with van der Waals surface area (Å²) in [6.45, 7) is 6.26. The lowest BCUT2D eigenvalue weighted by Crippen LogP contribution is -2.57. The van der Waals surface area contributed by atoms with Gasteiger partial charge in [0, 0.05) is 13.1 Å². The van der Waals surface area contributed by atoms with Crippen molar-refractivity contribution in [2.24, 2.45) is 5.92 Å². The average Bonchev–Trinajstić information content (AvgIpc) is 2.28. The van der Waals surface area contributed by atoms with Crippen LogP contribution in [0.4, 0.5) is 0 Å². The molecule has 1 atom stereocenters. The zero-order valence-corrected chi connectivity index (χ0v) is 12.7. The Kier molecular flexibility index (Phi) is 5.34. The predicted octanol–water partition coefficient (Wildman–Crippen LogP) is 1.20. The molecule has 0 aromatic heterocycles. The van der Waals surface area contributed by atoms with Crippen LogP contribution >= 0.6 is 0 Å². The Balaban J connectivity index is 2.80. The molecule has 0 aromatic rings. The van der Waals surface area contributed by atoms with Crippen molar-refractivity contribution >= 4 is 16.2 Å². The van der Waals surface area contributed by atoms with Crippen molar-refractivity contribution < 1.29 is 18.3 Å². The van der Waals surface area contributed by atoms with Crippen molar-refractivity contribution in [3.05, 3.63) is 0 Å². The molecule has 1 unspecified atom stereocenters. The molecule has 1 fully saturated rings. The minimum absolute atomic E-state index is 0.270. The van der Waals surface area contributed by atoms with Gasteiger partial charge in [-0.1, -0.05) is 20.3 Å². The quantitative estimate of drug-likeness (QED) is 0.770. The summed E-state index contributed by atoms with van der Waals surface area (Å²) in [6.07, 6.45) is 2.51. The molecule has 6 nitrogen and oxygen atoms in total. The van der Waals surface area contributed by atoms with E-state index in [0.29, 0.717) is 25.4 Å². The summed E-state index contributed by atoms with van der Waals surface area (Å²) >= 11 is 0. The third-order valence-corrected chi connectivity index (χ3v) is 5.41. The van der Waals surface area contributed by atoms with Crippen molar-refractivity contribution in [2.75, 3.05) is 13.1 Å². The maximum atomic E-state index is 12.2. The Morgan fingerprint density at radius 1 is 1.42 bits per heavy atom. The smallest absolute Gasteiger partial charge is 0.324 e. The minimum atomic E-state index is -3.73. The van der Waals surface area contributed by atoms with E-state index in [2.05, 4.69) is 11.6 Å². The summed E-state index contributed by atoms with van der Waals surface area (Å²) in [7, 11) is -3.73. The van der Waals surface area contributed by atoms with Crippen molar-refractivity contribution in [1.29, 1.82) is 0 Å². The van der Waals surface area contributed by atoms with E-state index in [-0.39, 0.29) is 6.42 Å². The summed E-state index contributed by atoms with van der Waals surface area (Å²) in [5.41, 5.74) is -1.43. The normalized spacial score (nSPS) is 22.1. The van der Waals surface area contributed by atoms with Gasteiger partial charge in [-0.15, -0.1) is 0 Å². The van der Waals surface area contributed by atoms with Gasteiger partial charge in [-0.2, -0.15) is 17.4 Å². The molecule has 112 valence electrons. The lowest BCUT2D eigenvalue weighted by atomic mass is 9.98. The van der Waals surface area contributed by atoms with E-state index in [4.69, 9.17) is 0 Å². The monoisotopic (exact) mass is 292 g/mol. The molecule has 0 aliphatic carbocycles. The highest BCUT2D eigenvalue weighted by Gasteiger charge is 2.39. The van der Waals surface area contributed by atoms with Crippen LogP contribution in [0.15, 0.2) is 0 Å². The predicted molar refractivity (Wildman–Crippen MR) is 73.0 cm³/mol. The van der Waals surface area contributed by atoms with E-state index in [9.17, 15) is 18.3 Å². The van der Waals surface area contributed by atoms with Crippen LogP contribution < -0.4 is 4.72 Å². The molecular weight excluding hydrogens is 268 g/mol. The molecule has 1 aliphatic heterocycles. The van der Waals surface area contributed by atoms with Crippen LogP contribution in [0, 0.1) is 5.92 Å². The van der Waals surface area contributed by atoms with Gasteiger partial charge in [0.2, 0.25) is 0 Å². The van der Waals surface area contributed by atoms with Crippen LogP contribution in [0.3, 0.4) is 0 Å². The molecule has 7 heteroatoms. The number of hydrogen-bond donors (Lipinski definition) is 2. The number of nitrogens with one attached hydrogen (secondary N) is 1. The molecule has 1 saturated heterocycles. The van der Waals surface area contributed by atoms with Crippen LogP contribution in [-0.4, -0.2) is 42.4 Å². The second-order valence-electron chi connectivity index (χ2n) is 5.58. The number of carboxylic acid groups (broad SMARTS) is 1. The third-order valence-electron chi connectivity index (χ3n) is 3.66. The van der Waals surface area contributed by atoms with Gasteiger partial charge in [0.15, 0.2) is 0 Å². The molecule has 1 rings (SSSR count). The lowest BCUT2D eigenvalue weighted by molar-refractivity contribution is -0.143. The van der Waals surface area contributed by atoms with E-state index >= 15 is 0 Å². The molecule has 0 radical (unpaired) electrons. The Morgan fingerprint density at radius 3 is 2.37 bits per heavy atom. The van der Waals surface area contributed by atoms with Gasteiger partial charge in [-0.3, -0.25) is 4.79 Å². The van der Waals surface area contributed by atoms with Crippen molar-refractivity contribution in [3.63, 3.8) is 0 Å². The van der Waals surface area contributed by atoms with Crippen molar-refractivity contribution in [1.82, 2.24) is 9.03 Å². The Morgan fingerprint density at radius 2 is 1.95 bits per heavy atom. The maximum Gasteiger partial charge on any atom is 0.324 e. The number of rotatable bonds is 6. The van der Waals surface area contributed by atoms with Gasteiger partial charge in [-0.05, 0) is 32.1 Å². The second-order valence-corrected chi connectivity index (χ2v) is 7.25. The topological polar surface area (TPSA) is 86.7 Å². The highest BCUT2D eigenvalue weighted by molar-refractivity contribution is 7.87. The molecule has 0 amide bonds. The van der Waals surface area contributed by atoms with E-state index in [1.165, 1.54) is 11.2 Å².